The predicted octanol–water partition coefficient (Wildman–Crippen LogP) is 2.83. The zero-order valence-electron chi connectivity index (χ0n) is 9.82. The smallest absolute Gasteiger partial charge is 0.0731 e. The SMILES string of the molecule is CCC=CP(c1ccccn1)c1ccccn1. The van der Waals surface area contributed by atoms with E-state index in [-0.39, 0.29) is 0 Å². The van der Waals surface area contributed by atoms with Gasteiger partial charge in [0.15, 0.2) is 0 Å². The lowest BCUT2D eigenvalue weighted by atomic mass is 10.5. The molecular weight excluding hydrogens is 227 g/mol. The third-order valence-corrected chi connectivity index (χ3v) is 4.31. The molecule has 2 aromatic heterocycles. The fraction of sp³-hybridized carbons (Fsp3) is 0.143. The molecule has 2 rings (SSSR count). The predicted molar refractivity (Wildman–Crippen MR) is 74.1 cm³/mol. The molecule has 3 heteroatoms. The highest BCUT2D eigenvalue weighted by Gasteiger charge is 2.11. The summed E-state index contributed by atoms with van der Waals surface area (Å²) in [5.41, 5.74) is 2.21. The van der Waals surface area contributed by atoms with Crippen LogP contribution in [0.2, 0.25) is 0 Å². The van der Waals surface area contributed by atoms with Crippen LogP contribution in [0.25, 0.3) is 0 Å². The lowest BCUT2D eigenvalue weighted by molar-refractivity contribution is 1.23. The van der Waals surface area contributed by atoms with E-state index in [1.54, 1.807) is 0 Å². The molecule has 0 fully saturated rings. The molecule has 0 saturated carbocycles. The summed E-state index contributed by atoms with van der Waals surface area (Å²) in [6.45, 7) is 2.14. The Kier molecular flexibility index (Phi) is 4.40. The Labute approximate surface area is 103 Å². The molecular formula is C14H15N2P. The normalized spacial score (nSPS) is 11.2. The molecule has 0 saturated heterocycles. The molecule has 0 spiro atoms. The number of allylic oxidation sites excluding steroid dienone is 1. The second-order valence-corrected chi connectivity index (χ2v) is 5.49. The van der Waals surface area contributed by atoms with Gasteiger partial charge >= 0.3 is 0 Å². The summed E-state index contributed by atoms with van der Waals surface area (Å²) in [5.74, 6) is 2.24. The van der Waals surface area contributed by atoms with Crippen LogP contribution >= 0.6 is 7.92 Å². The van der Waals surface area contributed by atoms with Gasteiger partial charge in [-0.25, -0.2) is 0 Å². The van der Waals surface area contributed by atoms with E-state index in [0.29, 0.717) is 0 Å². The minimum atomic E-state index is -0.560. The molecule has 0 aromatic carbocycles. The maximum atomic E-state index is 4.45. The first-order chi connectivity index (χ1) is 8.42. The maximum Gasteiger partial charge on any atom is 0.0731 e. The number of pyridine rings is 2. The van der Waals surface area contributed by atoms with Crippen LogP contribution in [-0.2, 0) is 0 Å². The van der Waals surface area contributed by atoms with Gasteiger partial charge in [0.05, 0.1) is 10.9 Å². The summed E-state index contributed by atoms with van der Waals surface area (Å²) in [6, 6.07) is 12.1. The van der Waals surface area contributed by atoms with Gasteiger partial charge in [-0.1, -0.05) is 30.9 Å². The lowest BCUT2D eigenvalue weighted by Gasteiger charge is -2.11. The van der Waals surface area contributed by atoms with Gasteiger partial charge in [0, 0.05) is 20.3 Å². The first-order valence-electron chi connectivity index (χ1n) is 5.70. The molecule has 2 aromatic rings. The van der Waals surface area contributed by atoms with Crippen LogP contribution in [-0.4, -0.2) is 9.97 Å². The third kappa shape index (κ3) is 3.21. The fourth-order valence-electron chi connectivity index (χ4n) is 1.47. The van der Waals surface area contributed by atoms with Gasteiger partial charge in [-0.15, -0.1) is 0 Å². The average Bonchev–Trinajstić information content (AvgIpc) is 2.42. The van der Waals surface area contributed by atoms with Crippen LogP contribution in [0.4, 0.5) is 0 Å². The van der Waals surface area contributed by atoms with Crippen molar-refractivity contribution >= 4 is 18.8 Å². The molecule has 0 aliphatic carbocycles. The zero-order chi connectivity index (χ0) is 11.9. The second-order valence-electron chi connectivity index (χ2n) is 3.54. The van der Waals surface area contributed by atoms with Crippen molar-refractivity contribution < 1.29 is 0 Å². The lowest BCUT2D eigenvalue weighted by Crippen LogP contribution is -2.15. The third-order valence-electron chi connectivity index (χ3n) is 2.28. The topological polar surface area (TPSA) is 25.8 Å². The van der Waals surface area contributed by atoms with Crippen molar-refractivity contribution in [1.82, 2.24) is 9.97 Å². The van der Waals surface area contributed by atoms with Gasteiger partial charge in [-0.3, -0.25) is 9.97 Å². The van der Waals surface area contributed by atoms with Crippen molar-refractivity contribution in [2.75, 3.05) is 0 Å². The highest BCUT2D eigenvalue weighted by atomic mass is 31.1. The standard InChI is InChI=1S/C14H15N2P/c1-2-3-12-17(13-8-4-6-10-15-13)14-9-5-7-11-16-14/h3-12H,2H2,1H3. The van der Waals surface area contributed by atoms with E-state index in [9.17, 15) is 0 Å². The monoisotopic (exact) mass is 242 g/mol. The van der Waals surface area contributed by atoms with Gasteiger partial charge in [-0.05, 0) is 30.7 Å². The Hall–Kier alpha value is -1.53. The molecule has 0 N–H and O–H groups in total. The number of hydrogen-bond acceptors (Lipinski definition) is 2. The van der Waals surface area contributed by atoms with Gasteiger partial charge in [0.2, 0.25) is 0 Å². The van der Waals surface area contributed by atoms with E-state index in [1.807, 2.05) is 36.7 Å². The van der Waals surface area contributed by atoms with Crippen LogP contribution in [0, 0.1) is 0 Å². The van der Waals surface area contributed by atoms with E-state index < -0.39 is 7.92 Å². The zero-order valence-corrected chi connectivity index (χ0v) is 10.7. The van der Waals surface area contributed by atoms with E-state index >= 15 is 0 Å². The largest absolute Gasteiger partial charge is 0.256 e. The van der Waals surface area contributed by atoms with E-state index in [2.05, 4.69) is 40.9 Å². The molecule has 0 atom stereocenters. The first kappa shape index (κ1) is 11.9. The molecule has 86 valence electrons. The van der Waals surface area contributed by atoms with Gasteiger partial charge < -0.3 is 0 Å². The van der Waals surface area contributed by atoms with Crippen LogP contribution in [0.3, 0.4) is 0 Å². The van der Waals surface area contributed by atoms with Gasteiger partial charge in [-0.2, -0.15) is 0 Å². The Morgan fingerprint density at radius 3 is 2.00 bits per heavy atom. The molecule has 0 aliphatic rings. The van der Waals surface area contributed by atoms with Crippen molar-refractivity contribution in [1.29, 1.82) is 0 Å². The molecule has 0 unspecified atom stereocenters. The van der Waals surface area contributed by atoms with Crippen molar-refractivity contribution in [3.8, 4) is 0 Å². The summed E-state index contributed by atoms with van der Waals surface area (Å²) in [6.07, 6.45) is 6.91. The van der Waals surface area contributed by atoms with Crippen LogP contribution in [0.5, 0.6) is 0 Å². The average molecular weight is 242 g/mol. The Balaban J connectivity index is 2.36. The quantitative estimate of drug-likeness (QED) is 0.770. The summed E-state index contributed by atoms with van der Waals surface area (Å²) in [4.78, 5) is 8.89. The summed E-state index contributed by atoms with van der Waals surface area (Å²) in [5, 5.41) is 0. The van der Waals surface area contributed by atoms with Crippen molar-refractivity contribution in [2.24, 2.45) is 0 Å². The first-order valence-corrected chi connectivity index (χ1v) is 7.11. The van der Waals surface area contributed by atoms with E-state index in [4.69, 9.17) is 0 Å². The number of nitrogens with zero attached hydrogens (tertiary/aromatic N) is 2. The van der Waals surface area contributed by atoms with Crippen LogP contribution in [0.1, 0.15) is 13.3 Å². The fourth-order valence-corrected chi connectivity index (χ4v) is 3.31. The highest BCUT2D eigenvalue weighted by Crippen LogP contribution is 2.33. The molecule has 0 amide bonds. The Bertz CT molecular complexity index is 429. The van der Waals surface area contributed by atoms with Gasteiger partial charge in [0.1, 0.15) is 0 Å². The highest BCUT2D eigenvalue weighted by molar-refractivity contribution is 7.75. The van der Waals surface area contributed by atoms with Gasteiger partial charge in [0.25, 0.3) is 0 Å². The molecule has 0 aliphatic heterocycles. The number of hydrogen-bond donors (Lipinski definition) is 0. The maximum absolute atomic E-state index is 4.45. The molecule has 2 nitrogen and oxygen atoms in total. The Morgan fingerprint density at radius 2 is 1.59 bits per heavy atom. The molecule has 0 radical (unpaired) electrons. The summed E-state index contributed by atoms with van der Waals surface area (Å²) >= 11 is 0. The van der Waals surface area contributed by atoms with Crippen molar-refractivity contribution in [3.05, 3.63) is 60.7 Å². The number of rotatable bonds is 4. The molecule has 0 bridgehead atoms. The summed E-state index contributed by atoms with van der Waals surface area (Å²) in [7, 11) is -0.560. The molecule has 17 heavy (non-hydrogen) atoms. The van der Waals surface area contributed by atoms with Crippen molar-refractivity contribution in [2.45, 2.75) is 13.3 Å². The van der Waals surface area contributed by atoms with Crippen LogP contribution in [0.15, 0.2) is 60.7 Å². The van der Waals surface area contributed by atoms with Crippen molar-refractivity contribution in [3.63, 3.8) is 0 Å². The summed E-state index contributed by atoms with van der Waals surface area (Å²) < 4.78 is 0. The molecule has 2 heterocycles. The minimum absolute atomic E-state index is 0.560. The second kappa shape index (κ2) is 6.27. The minimum Gasteiger partial charge on any atom is -0.256 e. The Morgan fingerprint density at radius 1 is 1.00 bits per heavy atom. The van der Waals surface area contributed by atoms with E-state index in [0.717, 1.165) is 17.3 Å². The van der Waals surface area contributed by atoms with E-state index in [1.165, 1.54) is 0 Å². The van der Waals surface area contributed by atoms with Crippen LogP contribution < -0.4 is 10.9 Å². The number of aromatic nitrogens is 2.